The molecule has 7 nitrogen and oxygen atoms in total. The van der Waals surface area contributed by atoms with Crippen LogP contribution in [0.3, 0.4) is 0 Å². The Bertz CT molecular complexity index is 1090. The number of aryl methyl sites for hydroxylation is 2. The highest BCUT2D eigenvalue weighted by molar-refractivity contribution is 6.30. The molecule has 0 atom stereocenters. The van der Waals surface area contributed by atoms with Crippen LogP contribution in [0, 0.1) is 11.3 Å². The van der Waals surface area contributed by atoms with E-state index in [1.807, 2.05) is 18.2 Å². The summed E-state index contributed by atoms with van der Waals surface area (Å²) in [6.07, 6.45) is 8.90. The Hall–Kier alpha value is -3.60. The average Bonchev–Trinajstić information content (AvgIpc) is 2.98. The van der Waals surface area contributed by atoms with Gasteiger partial charge in [0.2, 0.25) is 0 Å². The summed E-state index contributed by atoms with van der Waals surface area (Å²) in [5.74, 6) is -2.51. The molecular weight excluding hydrogens is 466 g/mol. The monoisotopic (exact) mass is 495 g/mol. The first-order valence-electron chi connectivity index (χ1n) is 11.3. The first kappa shape index (κ1) is 27.6. The molecule has 1 heterocycles. The summed E-state index contributed by atoms with van der Waals surface area (Å²) in [7, 11) is 2.10. The number of aliphatic carboxylic acids is 2. The third-order valence-corrected chi connectivity index (χ3v) is 5.67. The Morgan fingerprint density at radius 3 is 2.37 bits per heavy atom. The van der Waals surface area contributed by atoms with Crippen molar-refractivity contribution in [2.45, 2.75) is 25.7 Å². The summed E-state index contributed by atoms with van der Waals surface area (Å²) >= 11 is 6.32. The summed E-state index contributed by atoms with van der Waals surface area (Å²) in [6.45, 7) is 2.82. The van der Waals surface area contributed by atoms with Gasteiger partial charge in [0, 0.05) is 47.7 Å². The molecule has 0 amide bonds. The minimum absolute atomic E-state index is 0.558. The van der Waals surface area contributed by atoms with Crippen LogP contribution >= 0.6 is 11.6 Å². The number of allylic oxidation sites excluding steroid dienone is 1. The highest BCUT2D eigenvalue weighted by atomic mass is 35.5. The Morgan fingerprint density at radius 2 is 1.71 bits per heavy atom. The van der Waals surface area contributed by atoms with Crippen molar-refractivity contribution in [3.05, 3.63) is 82.9 Å². The lowest BCUT2D eigenvalue weighted by atomic mass is 10.0. The van der Waals surface area contributed by atoms with Crippen molar-refractivity contribution >= 4 is 34.9 Å². The molecule has 2 N–H and O–H groups in total. The van der Waals surface area contributed by atoms with E-state index in [0.717, 1.165) is 50.3 Å². The number of nitrogens with zero attached hydrogens (tertiary/aromatic N) is 3. The van der Waals surface area contributed by atoms with Crippen molar-refractivity contribution < 1.29 is 19.8 Å². The van der Waals surface area contributed by atoms with Gasteiger partial charge in [-0.25, -0.2) is 9.59 Å². The lowest BCUT2D eigenvalue weighted by molar-refractivity contribution is -0.134. The van der Waals surface area contributed by atoms with Gasteiger partial charge in [0.05, 0.1) is 6.07 Å². The van der Waals surface area contributed by atoms with Crippen molar-refractivity contribution in [2.75, 3.05) is 31.6 Å². The predicted molar refractivity (Wildman–Crippen MR) is 138 cm³/mol. The summed E-state index contributed by atoms with van der Waals surface area (Å²) in [4.78, 5) is 23.8. The first-order valence-corrected chi connectivity index (χ1v) is 11.7. The molecule has 0 spiro atoms. The number of halogens is 1. The molecule has 0 fully saturated rings. The zero-order valence-electron chi connectivity index (χ0n) is 19.7. The lowest BCUT2D eigenvalue weighted by Crippen LogP contribution is -2.23. The third-order valence-electron chi connectivity index (χ3n) is 5.43. The van der Waals surface area contributed by atoms with Crippen LogP contribution in [0.2, 0.25) is 5.02 Å². The molecule has 0 bridgehead atoms. The lowest BCUT2D eigenvalue weighted by Gasteiger charge is -2.27. The van der Waals surface area contributed by atoms with Crippen LogP contribution in [0.1, 0.15) is 24.0 Å². The van der Waals surface area contributed by atoms with E-state index >= 15 is 0 Å². The highest BCUT2D eigenvalue weighted by Crippen LogP contribution is 2.37. The minimum atomic E-state index is -1.26. The Labute approximate surface area is 211 Å². The number of likely N-dealkylation sites (N-methyl/N-ethyl adjacent to an activating group) is 1. The van der Waals surface area contributed by atoms with Crippen LogP contribution in [-0.4, -0.2) is 53.7 Å². The number of hydrogen-bond donors (Lipinski definition) is 2. The Kier molecular flexibility index (Phi) is 11.5. The average molecular weight is 496 g/mol. The number of carboxylic acids is 2. The van der Waals surface area contributed by atoms with Crippen molar-refractivity contribution in [3.8, 4) is 6.07 Å². The standard InChI is InChI=1S/C23H26ClN3.C4H4O4/c1-26(15-5-4-14-25)16-6-7-17-27-22-9-3-2-8-19(22)10-11-20-12-13-21(24)18-23(20)27;5-3(6)1-2-4(7)8/h2-5,8-9,12-13,18H,6-7,10-11,15-17H2,1H3;1-2H,(H,5,6)(H,7,8)/b5-4+;2-1-. The molecule has 0 unspecified atom stereocenters. The molecule has 1 aliphatic heterocycles. The largest absolute Gasteiger partial charge is 0.478 e. The molecule has 3 rings (SSSR count). The summed E-state index contributed by atoms with van der Waals surface area (Å²) in [5, 5.41) is 25.0. The summed E-state index contributed by atoms with van der Waals surface area (Å²) < 4.78 is 0. The van der Waals surface area contributed by atoms with Gasteiger partial charge in [-0.1, -0.05) is 41.9 Å². The van der Waals surface area contributed by atoms with Crippen LogP contribution in [0.25, 0.3) is 0 Å². The molecule has 35 heavy (non-hydrogen) atoms. The fourth-order valence-electron chi connectivity index (χ4n) is 3.80. The van der Waals surface area contributed by atoms with Crippen LogP contribution < -0.4 is 4.90 Å². The maximum absolute atomic E-state index is 9.55. The number of hydrogen-bond acceptors (Lipinski definition) is 5. The molecule has 2 aromatic carbocycles. The topological polar surface area (TPSA) is 105 Å². The van der Waals surface area contributed by atoms with E-state index in [4.69, 9.17) is 27.1 Å². The van der Waals surface area contributed by atoms with Gasteiger partial charge in [0.15, 0.2) is 0 Å². The quantitative estimate of drug-likeness (QED) is 0.284. The number of para-hydroxylation sites is 1. The molecule has 0 saturated carbocycles. The fourth-order valence-corrected chi connectivity index (χ4v) is 3.96. The Morgan fingerprint density at radius 1 is 1.06 bits per heavy atom. The van der Waals surface area contributed by atoms with Crippen LogP contribution in [-0.2, 0) is 22.4 Å². The molecular formula is C27H30ClN3O4. The maximum Gasteiger partial charge on any atom is 0.328 e. The number of carbonyl (C=O) groups is 2. The van der Waals surface area contributed by atoms with E-state index in [1.165, 1.54) is 22.5 Å². The number of nitriles is 1. The third kappa shape index (κ3) is 9.65. The van der Waals surface area contributed by atoms with E-state index in [2.05, 4.69) is 53.2 Å². The molecule has 0 radical (unpaired) electrons. The number of benzene rings is 2. The first-order chi connectivity index (χ1) is 16.8. The van der Waals surface area contributed by atoms with Crippen molar-refractivity contribution in [2.24, 2.45) is 0 Å². The van der Waals surface area contributed by atoms with Crippen LogP contribution in [0.4, 0.5) is 11.4 Å². The van der Waals surface area contributed by atoms with Crippen LogP contribution in [0.5, 0.6) is 0 Å². The van der Waals surface area contributed by atoms with Crippen molar-refractivity contribution in [3.63, 3.8) is 0 Å². The van der Waals surface area contributed by atoms with E-state index in [9.17, 15) is 9.59 Å². The minimum Gasteiger partial charge on any atom is -0.478 e. The summed E-state index contributed by atoms with van der Waals surface area (Å²) in [6, 6.07) is 17.0. The van der Waals surface area contributed by atoms with Crippen molar-refractivity contribution in [1.29, 1.82) is 5.26 Å². The zero-order valence-corrected chi connectivity index (χ0v) is 20.5. The molecule has 0 saturated heterocycles. The van der Waals surface area contributed by atoms with E-state index in [0.29, 0.717) is 12.2 Å². The van der Waals surface area contributed by atoms with Gasteiger partial charge in [0.1, 0.15) is 0 Å². The zero-order chi connectivity index (χ0) is 25.6. The van der Waals surface area contributed by atoms with Gasteiger partial charge in [-0.2, -0.15) is 5.26 Å². The molecule has 184 valence electrons. The molecule has 2 aromatic rings. The Balaban J connectivity index is 0.000000466. The summed E-state index contributed by atoms with van der Waals surface area (Å²) in [5.41, 5.74) is 5.33. The van der Waals surface area contributed by atoms with Gasteiger partial charge in [0.25, 0.3) is 0 Å². The number of rotatable bonds is 9. The second-order valence-electron chi connectivity index (χ2n) is 8.06. The smallest absolute Gasteiger partial charge is 0.328 e. The van der Waals surface area contributed by atoms with Gasteiger partial charge < -0.3 is 20.0 Å². The maximum atomic E-state index is 9.55. The van der Waals surface area contributed by atoms with Crippen molar-refractivity contribution in [1.82, 2.24) is 4.90 Å². The van der Waals surface area contributed by atoms with Gasteiger partial charge in [-0.15, -0.1) is 0 Å². The number of anilines is 2. The van der Waals surface area contributed by atoms with Gasteiger partial charge in [-0.05, 0) is 68.6 Å². The second kappa shape index (κ2) is 14.6. The molecule has 0 aromatic heterocycles. The van der Waals surface area contributed by atoms with Gasteiger partial charge in [-0.3, -0.25) is 0 Å². The van der Waals surface area contributed by atoms with E-state index in [-0.39, 0.29) is 0 Å². The van der Waals surface area contributed by atoms with E-state index in [1.54, 1.807) is 6.08 Å². The normalized spacial score (nSPS) is 12.5. The molecule has 1 aliphatic rings. The number of fused-ring (bicyclic) bond motifs is 2. The highest BCUT2D eigenvalue weighted by Gasteiger charge is 2.20. The number of unbranched alkanes of at least 4 members (excludes halogenated alkanes) is 1. The number of carboxylic acid groups (broad SMARTS) is 2. The predicted octanol–water partition coefficient (Wildman–Crippen LogP) is 5.08. The van der Waals surface area contributed by atoms with E-state index < -0.39 is 11.9 Å². The SMILES string of the molecule is CN(C/C=C/C#N)CCCCN1c2ccccc2CCc2ccc(Cl)cc21.O=C(O)/C=C\C(=O)O. The molecule has 8 heteroatoms. The molecule has 0 aliphatic carbocycles. The second-order valence-corrected chi connectivity index (χ2v) is 8.50. The fraction of sp³-hybridized carbons (Fsp3) is 0.296. The van der Waals surface area contributed by atoms with Crippen LogP contribution in [0.15, 0.2) is 66.8 Å². The van der Waals surface area contributed by atoms with Gasteiger partial charge >= 0.3 is 11.9 Å².